The Kier molecular flexibility index (Phi) is 6.74. The number of nitrogens with zero attached hydrogens (tertiary/aromatic N) is 2. The van der Waals surface area contributed by atoms with Crippen molar-refractivity contribution in [2.75, 3.05) is 6.54 Å². The van der Waals surface area contributed by atoms with E-state index in [0.717, 1.165) is 6.07 Å². The van der Waals surface area contributed by atoms with Crippen LogP contribution in [0.15, 0.2) is 47.6 Å². The van der Waals surface area contributed by atoms with E-state index >= 15 is 0 Å². The molecule has 2 unspecified atom stereocenters. The number of carboxylic acid groups (broad SMARTS) is 1. The van der Waals surface area contributed by atoms with E-state index in [4.69, 9.17) is 0 Å². The molecule has 3 fully saturated rings. The molecule has 0 radical (unpaired) electrons. The molecule has 1 saturated heterocycles. The maximum absolute atomic E-state index is 15.0. The monoisotopic (exact) mass is 648 g/mol. The normalized spacial score (nSPS) is 30.2. The van der Waals surface area contributed by atoms with Crippen LogP contribution in [0.3, 0.4) is 0 Å². The van der Waals surface area contributed by atoms with Crippen molar-refractivity contribution in [3.8, 4) is 0 Å². The Morgan fingerprint density at radius 3 is 2.14 bits per heavy atom. The first kappa shape index (κ1) is 30.8. The van der Waals surface area contributed by atoms with Crippen molar-refractivity contribution in [3.63, 3.8) is 0 Å². The number of aliphatic carboxylic acids is 1. The van der Waals surface area contributed by atoms with Gasteiger partial charge < -0.3 is 10.0 Å². The molecule has 3 aliphatic carbocycles. The number of carbonyl (C=O) groups excluding carboxylic acids is 1. The fourth-order valence-corrected chi connectivity index (χ4v) is 10.4. The number of likely N-dealkylation sites (tertiary alicyclic amines) is 1. The van der Waals surface area contributed by atoms with Crippen LogP contribution in [0.5, 0.6) is 0 Å². The van der Waals surface area contributed by atoms with Crippen LogP contribution in [-0.4, -0.2) is 60.2 Å². The Balaban J connectivity index is 1.40. The zero-order chi connectivity index (χ0) is 32.1. The molecule has 2 aromatic rings. The Labute approximate surface area is 247 Å². The number of amides is 1. The molecule has 15 heteroatoms. The average molecular weight is 649 g/mol. The third kappa shape index (κ3) is 4.13. The number of aryl methyl sites for hydroxylation is 1. The van der Waals surface area contributed by atoms with E-state index in [1.807, 2.05) is 0 Å². The third-order valence-corrected chi connectivity index (χ3v) is 12.6. The summed E-state index contributed by atoms with van der Waals surface area (Å²) in [6.45, 7) is -0.0455. The Morgan fingerprint density at radius 1 is 0.932 bits per heavy atom. The lowest BCUT2D eigenvalue weighted by molar-refractivity contribution is -0.348. The molecule has 4 aliphatic rings. The molecule has 6 rings (SSSR count). The summed E-state index contributed by atoms with van der Waals surface area (Å²) < 4.78 is 123. The predicted octanol–water partition coefficient (Wildman–Crippen LogP) is 5.48. The summed E-state index contributed by atoms with van der Waals surface area (Å²) in [6, 6.07) is 4.68. The highest BCUT2D eigenvalue weighted by atomic mass is 32.2. The first-order valence-corrected chi connectivity index (χ1v) is 15.5. The molecule has 2 saturated carbocycles. The number of rotatable bonds is 5. The van der Waals surface area contributed by atoms with E-state index in [9.17, 15) is 53.8 Å². The van der Waals surface area contributed by atoms with Crippen molar-refractivity contribution in [1.82, 2.24) is 9.88 Å². The van der Waals surface area contributed by atoms with Crippen molar-refractivity contribution in [1.29, 1.82) is 0 Å². The predicted molar refractivity (Wildman–Crippen MR) is 138 cm³/mol. The van der Waals surface area contributed by atoms with Gasteiger partial charge in [-0.2, -0.15) is 26.3 Å². The van der Waals surface area contributed by atoms with Crippen LogP contribution in [0.4, 0.5) is 30.7 Å². The Bertz CT molecular complexity index is 1600. The number of aromatic nitrogens is 1. The summed E-state index contributed by atoms with van der Waals surface area (Å²) in [4.78, 5) is 30.4. The first-order valence-electron chi connectivity index (χ1n) is 14.0. The molecule has 0 bridgehead atoms. The first-order chi connectivity index (χ1) is 20.4. The summed E-state index contributed by atoms with van der Waals surface area (Å²) in [5.74, 6) is -2.15. The highest BCUT2D eigenvalue weighted by Crippen LogP contribution is 2.63. The van der Waals surface area contributed by atoms with E-state index in [-0.39, 0.29) is 53.3 Å². The smallest absolute Gasteiger partial charge is 0.435 e. The van der Waals surface area contributed by atoms with Gasteiger partial charge in [0.1, 0.15) is 4.75 Å². The van der Waals surface area contributed by atoms with Gasteiger partial charge in [0.25, 0.3) is 0 Å². The molecule has 2 atom stereocenters. The molecule has 1 spiro atoms. The third-order valence-electron chi connectivity index (χ3n) is 10.2. The number of carbonyl (C=O) groups is 2. The summed E-state index contributed by atoms with van der Waals surface area (Å²) in [5, 5.41) is 8.84. The number of alkyl halides is 7. The van der Waals surface area contributed by atoms with Crippen LogP contribution in [0, 0.1) is 17.3 Å². The lowest BCUT2D eigenvalue weighted by atomic mass is 9.48. The largest absolute Gasteiger partial charge is 0.481 e. The molecule has 7 nitrogen and oxygen atoms in total. The number of carboxylic acids is 1. The Morgan fingerprint density at radius 2 is 1.57 bits per heavy atom. The van der Waals surface area contributed by atoms with Gasteiger partial charge in [-0.1, -0.05) is 24.3 Å². The van der Waals surface area contributed by atoms with Crippen LogP contribution < -0.4 is 0 Å². The maximum Gasteiger partial charge on any atom is 0.435 e. The minimum Gasteiger partial charge on any atom is -0.481 e. The zero-order valence-electron chi connectivity index (χ0n) is 23.0. The standard InChI is InChI=1S/C29H27F7N2O5S/c30-27(28(31,32)33,29(34,35)36)19-5-6-20-16(11-19)4-7-21-26(20,44(42,43)22-3-1-2-9-37-22)8-10-38(21)23(39)17-12-25(13-17)14-18(15-25)24(40)41/h1-3,5-6,9,11,17-18,21H,4,7-8,10,12-15H2,(H,40,41). The molecular weight excluding hydrogens is 621 g/mol. The van der Waals surface area contributed by atoms with E-state index in [2.05, 4.69) is 4.98 Å². The molecule has 1 N–H and O–H groups in total. The number of sulfone groups is 1. The highest BCUT2D eigenvalue weighted by molar-refractivity contribution is 7.92. The van der Waals surface area contributed by atoms with Crippen molar-refractivity contribution in [3.05, 3.63) is 59.3 Å². The second-order valence-corrected chi connectivity index (χ2v) is 14.6. The highest BCUT2D eigenvalue weighted by Gasteiger charge is 2.74. The fourth-order valence-electron chi connectivity index (χ4n) is 8.07. The fraction of sp³-hybridized carbons (Fsp3) is 0.552. The molecular formula is C29H27F7N2O5S. The van der Waals surface area contributed by atoms with Gasteiger partial charge in [-0.3, -0.25) is 9.59 Å². The van der Waals surface area contributed by atoms with Crippen molar-refractivity contribution >= 4 is 21.7 Å². The lowest BCUT2D eigenvalue weighted by Crippen LogP contribution is -2.57. The molecule has 2 heterocycles. The van der Waals surface area contributed by atoms with Gasteiger partial charge in [-0.05, 0) is 73.6 Å². The topological polar surface area (TPSA) is 105 Å². The van der Waals surface area contributed by atoms with Crippen LogP contribution in [0.2, 0.25) is 0 Å². The van der Waals surface area contributed by atoms with Crippen molar-refractivity contribution < 1.29 is 53.8 Å². The van der Waals surface area contributed by atoms with Crippen LogP contribution >= 0.6 is 0 Å². The molecule has 1 aromatic heterocycles. The van der Waals surface area contributed by atoms with E-state index in [1.165, 1.54) is 29.3 Å². The van der Waals surface area contributed by atoms with E-state index in [1.54, 1.807) is 0 Å². The number of fused-ring (bicyclic) bond motifs is 3. The van der Waals surface area contributed by atoms with Crippen molar-refractivity contribution in [2.45, 2.75) is 78.8 Å². The molecule has 1 aromatic carbocycles. The van der Waals surface area contributed by atoms with Crippen LogP contribution in [0.1, 0.15) is 55.2 Å². The maximum atomic E-state index is 15.0. The lowest BCUT2D eigenvalue weighted by Gasteiger charge is -2.57. The summed E-state index contributed by atoms with van der Waals surface area (Å²) in [7, 11) is -4.50. The van der Waals surface area contributed by atoms with E-state index < -0.39 is 62.0 Å². The van der Waals surface area contributed by atoms with Gasteiger partial charge in [-0.25, -0.2) is 17.8 Å². The quantitative estimate of drug-likeness (QED) is 0.431. The Hall–Kier alpha value is -3.23. The minimum atomic E-state index is -6.34. The van der Waals surface area contributed by atoms with Gasteiger partial charge >= 0.3 is 24.0 Å². The van der Waals surface area contributed by atoms with Gasteiger partial charge in [0.15, 0.2) is 5.03 Å². The number of benzene rings is 1. The minimum absolute atomic E-state index is 0.0455. The van der Waals surface area contributed by atoms with Crippen molar-refractivity contribution in [2.24, 2.45) is 17.3 Å². The number of pyridine rings is 1. The second kappa shape index (κ2) is 9.63. The van der Waals surface area contributed by atoms with Gasteiger partial charge in [0.05, 0.1) is 12.0 Å². The van der Waals surface area contributed by atoms with Crippen LogP contribution in [-0.2, 0) is 36.3 Å². The SMILES string of the molecule is O=C(O)C1CC2(C1)CC(C(=O)N1CCC3(S(=O)(=O)c4ccccn4)c4ccc(C(F)(C(F)(F)F)C(F)(F)F)cc4CCC13)C2. The molecule has 1 amide bonds. The van der Waals surface area contributed by atoms with Gasteiger partial charge in [-0.15, -0.1) is 0 Å². The number of halogens is 7. The summed E-state index contributed by atoms with van der Waals surface area (Å²) in [6.07, 6.45) is -10.1. The number of hydrogen-bond acceptors (Lipinski definition) is 5. The summed E-state index contributed by atoms with van der Waals surface area (Å²) in [5.41, 5.74) is -7.90. The van der Waals surface area contributed by atoms with Crippen LogP contribution in [0.25, 0.3) is 0 Å². The molecule has 1 aliphatic heterocycles. The molecule has 44 heavy (non-hydrogen) atoms. The second-order valence-electron chi connectivity index (χ2n) is 12.5. The van der Waals surface area contributed by atoms with E-state index in [0.29, 0.717) is 37.8 Å². The summed E-state index contributed by atoms with van der Waals surface area (Å²) >= 11 is 0. The average Bonchev–Trinajstić information content (AvgIpc) is 3.31. The zero-order valence-corrected chi connectivity index (χ0v) is 23.8. The van der Waals surface area contributed by atoms with Gasteiger partial charge in [0, 0.05) is 24.2 Å². The number of hydrogen-bond donors (Lipinski definition) is 1. The molecule has 238 valence electrons. The van der Waals surface area contributed by atoms with Gasteiger partial charge in [0.2, 0.25) is 15.7 Å².